The molecule has 0 unspecified atom stereocenters. The zero-order valence-electron chi connectivity index (χ0n) is 13.2. The van der Waals surface area contributed by atoms with Crippen molar-refractivity contribution in [1.82, 2.24) is 9.80 Å². The highest BCUT2D eigenvalue weighted by molar-refractivity contribution is 5.79. The lowest BCUT2D eigenvalue weighted by molar-refractivity contribution is -0.145. The maximum absolute atomic E-state index is 12.5. The Kier molecular flexibility index (Phi) is 4.65. The molecule has 0 spiro atoms. The normalized spacial score (nSPS) is 37.3. The SMILES string of the molecule is C=CCN1CCO[C@@H]2CN(C(=O)C3CC(C)C3)CC[C@@H]2C1. The number of hydrogen-bond acceptors (Lipinski definition) is 3. The van der Waals surface area contributed by atoms with E-state index in [-0.39, 0.29) is 6.10 Å². The second-order valence-electron chi connectivity index (χ2n) is 7.06. The van der Waals surface area contributed by atoms with Gasteiger partial charge in [0.15, 0.2) is 0 Å². The highest BCUT2D eigenvalue weighted by Gasteiger charge is 2.39. The number of amides is 1. The third-order valence-corrected chi connectivity index (χ3v) is 5.35. The monoisotopic (exact) mass is 292 g/mol. The van der Waals surface area contributed by atoms with Crippen LogP contribution in [0.25, 0.3) is 0 Å². The molecule has 21 heavy (non-hydrogen) atoms. The molecule has 2 atom stereocenters. The molecule has 0 N–H and O–H groups in total. The van der Waals surface area contributed by atoms with Crippen LogP contribution in [0.5, 0.6) is 0 Å². The van der Waals surface area contributed by atoms with Crippen molar-refractivity contribution in [1.29, 1.82) is 0 Å². The van der Waals surface area contributed by atoms with Gasteiger partial charge < -0.3 is 9.64 Å². The largest absolute Gasteiger partial charge is 0.375 e. The Labute approximate surface area is 128 Å². The van der Waals surface area contributed by atoms with Crippen LogP contribution in [0.15, 0.2) is 12.7 Å². The number of hydrogen-bond donors (Lipinski definition) is 0. The zero-order chi connectivity index (χ0) is 14.8. The maximum Gasteiger partial charge on any atom is 0.225 e. The minimum atomic E-state index is 0.231. The predicted octanol–water partition coefficient (Wildman–Crippen LogP) is 1.77. The topological polar surface area (TPSA) is 32.8 Å². The summed E-state index contributed by atoms with van der Waals surface area (Å²) in [6.07, 6.45) is 5.44. The van der Waals surface area contributed by atoms with E-state index in [1.165, 1.54) is 0 Å². The summed E-state index contributed by atoms with van der Waals surface area (Å²) < 4.78 is 6.05. The number of likely N-dealkylation sites (tertiary alicyclic amines) is 1. The molecule has 1 aliphatic carbocycles. The molecule has 3 rings (SSSR count). The Morgan fingerprint density at radius 1 is 1.33 bits per heavy atom. The zero-order valence-corrected chi connectivity index (χ0v) is 13.2. The molecule has 2 aliphatic heterocycles. The summed E-state index contributed by atoms with van der Waals surface area (Å²) in [6, 6.07) is 0. The van der Waals surface area contributed by atoms with Crippen molar-refractivity contribution in [2.45, 2.75) is 32.3 Å². The summed E-state index contributed by atoms with van der Waals surface area (Å²) in [7, 11) is 0. The van der Waals surface area contributed by atoms with Gasteiger partial charge >= 0.3 is 0 Å². The first-order chi connectivity index (χ1) is 10.2. The Morgan fingerprint density at radius 2 is 2.14 bits per heavy atom. The van der Waals surface area contributed by atoms with E-state index in [1.807, 2.05) is 6.08 Å². The molecule has 0 aromatic carbocycles. The third-order valence-electron chi connectivity index (χ3n) is 5.35. The van der Waals surface area contributed by atoms with Crippen molar-refractivity contribution in [3.8, 4) is 0 Å². The van der Waals surface area contributed by atoms with Gasteiger partial charge in [-0.25, -0.2) is 0 Å². The summed E-state index contributed by atoms with van der Waals surface area (Å²) in [6.45, 7) is 11.6. The molecule has 4 heteroatoms. The van der Waals surface area contributed by atoms with Gasteiger partial charge in [0, 0.05) is 44.6 Å². The fourth-order valence-corrected chi connectivity index (χ4v) is 4.03. The van der Waals surface area contributed by atoms with E-state index in [9.17, 15) is 4.79 Å². The van der Waals surface area contributed by atoms with Gasteiger partial charge in [-0.1, -0.05) is 13.0 Å². The quantitative estimate of drug-likeness (QED) is 0.743. The average Bonchev–Trinajstić information content (AvgIpc) is 2.64. The first-order valence-corrected chi connectivity index (χ1v) is 8.41. The van der Waals surface area contributed by atoms with Crippen molar-refractivity contribution < 1.29 is 9.53 Å². The number of carbonyl (C=O) groups is 1. The van der Waals surface area contributed by atoms with E-state index in [4.69, 9.17) is 4.74 Å². The molecule has 3 fully saturated rings. The Balaban J connectivity index is 1.55. The Bertz CT molecular complexity index is 392. The first kappa shape index (κ1) is 15.0. The average molecular weight is 292 g/mol. The number of carbonyl (C=O) groups excluding carboxylic acids is 1. The molecule has 0 radical (unpaired) electrons. The maximum atomic E-state index is 12.5. The van der Waals surface area contributed by atoms with Crippen LogP contribution in [0.3, 0.4) is 0 Å². The van der Waals surface area contributed by atoms with Crippen LogP contribution in [0.2, 0.25) is 0 Å². The number of piperidine rings is 1. The van der Waals surface area contributed by atoms with Crippen LogP contribution in [0.1, 0.15) is 26.2 Å². The molecule has 0 aromatic rings. The van der Waals surface area contributed by atoms with Gasteiger partial charge in [-0.05, 0) is 25.2 Å². The molecule has 118 valence electrons. The molecule has 1 amide bonds. The van der Waals surface area contributed by atoms with Gasteiger partial charge in [0.05, 0.1) is 12.7 Å². The van der Waals surface area contributed by atoms with Crippen LogP contribution >= 0.6 is 0 Å². The van der Waals surface area contributed by atoms with Crippen LogP contribution in [-0.4, -0.2) is 61.1 Å². The van der Waals surface area contributed by atoms with Crippen molar-refractivity contribution in [2.75, 3.05) is 39.3 Å². The van der Waals surface area contributed by atoms with Crippen molar-refractivity contribution in [2.24, 2.45) is 17.8 Å². The Morgan fingerprint density at radius 3 is 2.86 bits per heavy atom. The second-order valence-corrected chi connectivity index (χ2v) is 7.06. The molecular formula is C17H28N2O2. The number of ether oxygens (including phenoxy) is 1. The fourth-order valence-electron chi connectivity index (χ4n) is 4.03. The lowest BCUT2D eigenvalue weighted by atomic mass is 9.75. The molecule has 4 nitrogen and oxygen atoms in total. The van der Waals surface area contributed by atoms with Crippen LogP contribution in [0, 0.1) is 17.8 Å². The first-order valence-electron chi connectivity index (χ1n) is 8.41. The molecule has 0 bridgehead atoms. The summed E-state index contributed by atoms with van der Waals surface area (Å²) in [4.78, 5) is 17.0. The lowest BCUT2D eigenvalue weighted by Crippen LogP contribution is -2.52. The van der Waals surface area contributed by atoms with Crippen LogP contribution < -0.4 is 0 Å². The minimum absolute atomic E-state index is 0.231. The molecular weight excluding hydrogens is 264 g/mol. The number of nitrogens with zero attached hydrogens (tertiary/aromatic N) is 2. The summed E-state index contributed by atoms with van der Waals surface area (Å²) >= 11 is 0. The van der Waals surface area contributed by atoms with Gasteiger partial charge in [-0.2, -0.15) is 0 Å². The van der Waals surface area contributed by atoms with Gasteiger partial charge in [0.25, 0.3) is 0 Å². The third kappa shape index (κ3) is 3.32. The van der Waals surface area contributed by atoms with Gasteiger partial charge in [-0.3, -0.25) is 9.69 Å². The van der Waals surface area contributed by atoms with E-state index in [1.54, 1.807) is 0 Å². The van der Waals surface area contributed by atoms with Crippen LogP contribution in [0.4, 0.5) is 0 Å². The summed E-state index contributed by atoms with van der Waals surface area (Å²) in [5, 5.41) is 0. The molecule has 1 saturated carbocycles. The number of fused-ring (bicyclic) bond motifs is 1. The lowest BCUT2D eigenvalue weighted by Gasteiger charge is -2.42. The van der Waals surface area contributed by atoms with Gasteiger partial charge in [0.2, 0.25) is 5.91 Å². The molecule has 2 saturated heterocycles. The van der Waals surface area contributed by atoms with Crippen LogP contribution in [-0.2, 0) is 9.53 Å². The summed E-state index contributed by atoms with van der Waals surface area (Å²) in [5.74, 6) is 1.97. The van der Waals surface area contributed by atoms with Gasteiger partial charge in [0.1, 0.15) is 0 Å². The summed E-state index contributed by atoms with van der Waals surface area (Å²) in [5.41, 5.74) is 0. The molecule has 3 aliphatic rings. The standard InChI is InChI=1S/C17H28N2O2/c1-3-5-18-7-8-21-16-12-19(6-4-14(16)11-18)17(20)15-9-13(2)10-15/h3,13-16H,1,4-12H2,2H3/t13?,14-,15?,16-/m1/s1. The van der Waals surface area contributed by atoms with E-state index >= 15 is 0 Å². The fraction of sp³-hybridized carbons (Fsp3) is 0.824. The van der Waals surface area contributed by atoms with E-state index in [0.29, 0.717) is 17.7 Å². The smallest absolute Gasteiger partial charge is 0.225 e. The van der Waals surface area contributed by atoms with Crippen molar-refractivity contribution in [3.63, 3.8) is 0 Å². The van der Waals surface area contributed by atoms with Gasteiger partial charge in [-0.15, -0.1) is 6.58 Å². The van der Waals surface area contributed by atoms with Crippen molar-refractivity contribution in [3.05, 3.63) is 12.7 Å². The van der Waals surface area contributed by atoms with E-state index < -0.39 is 0 Å². The molecule has 0 aromatic heterocycles. The second kappa shape index (κ2) is 6.49. The number of rotatable bonds is 3. The van der Waals surface area contributed by atoms with Crippen molar-refractivity contribution >= 4 is 5.91 Å². The van der Waals surface area contributed by atoms with E-state index in [2.05, 4.69) is 23.3 Å². The Hall–Kier alpha value is -0.870. The predicted molar refractivity (Wildman–Crippen MR) is 83.0 cm³/mol. The highest BCUT2D eigenvalue weighted by atomic mass is 16.5. The van der Waals surface area contributed by atoms with E-state index in [0.717, 1.165) is 64.5 Å². The minimum Gasteiger partial charge on any atom is -0.375 e. The highest BCUT2D eigenvalue weighted by Crippen LogP contribution is 2.35. The molecule has 2 heterocycles.